The molecule has 6 heteroatoms. The van der Waals surface area contributed by atoms with E-state index in [0.717, 1.165) is 31.4 Å². The fourth-order valence-corrected chi connectivity index (χ4v) is 4.03. The number of nitrogens with one attached hydrogen (secondary N) is 2. The van der Waals surface area contributed by atoms with Crippen molar-refractivity contribution in [3.8, 4) is 0 Å². The Morgan fingerprint density at radius 3 is 2.55 bits per heavy atom. The summed E-state index contributed by atoms with van der Waals surface area (Å²) in [5.41, 5.74) is 1.74. The van der Waals surface area contributed by atoms with Crippen molar-refractivity contribution in [1.29, 1.82) is 0 Å². The molecule has 1 atom stereocenters. The van der Waals surface area contributed by atoms with E-state index in [0.29, 0.717) is 12.2 Å². The number of nitrogens with zero attached hydrogens (tertiary/aromatic N) is 1. The number of benzene rings is 1. The highest BCUT2D eigenvalue weighted by Crippen LogP contribution is 2.21. The first-order chi connectivity index (χ1) is 9.53. The molecular formula is C14H23N3O2S. The van der Waals surface area contributed by atoms with Gasteiger partial charge in [0, 0.05) is 24.8 Å². The van der Waals surface area contributed by atoms with E-state index in [2.05, 4.69) is 10.0 Å². The average Bonchev–Trinajstić information content (AvgIpc) is 2.41. The monoisotopic (exact) mass is 297 g/mol. The van der Waals surface area contributed by atoms with Crippen LogP contribution in [0.2, 0.25) is 0 Å². The van der Waals surface area contributed by atoms with Crippen LogP contribution in [0.15, 0.2) is 24.3 Å². The van der Waals surface area contributed by atoms with E-state index in [1.807, 2.05) is 26.1 Å². The van der Waals surface area contributed by atoms with Gasteiger partial charge in [-0.25, -0.2) is 0 Å². The molecule has 2 N–H and O–H groups in total. The van der Waals surface area contributed by atoms with Crippen molar-refractivity contribution >= 4 is 15.9 Å². The maximum absolute atomic E-state index is 12.4. The number of hydrogen-bond donors (Lipinski definition) is 2. The molecule has 2 rings (SSSR count). The molecule has 0 aliphatic carbocycles. The Balaban J connectivity index is 2.07. The molecule has 1 aromatic rings. The zero-order valence-corrected chi connectivity index (χ0v) is 12.9. The van der Waals surface area contributed by atoms with Crippen molar-refractivity contribution in [3.63, 3.8) is 0 Å². The van der Waals surface area contributed by atoms with E-state index in [1.165, 1.54) is 0 Å². The zero-order chi connectivity index (χ0) is 14.6. The average molecular weight is 297 g/mol. The SMILES string of the molecule is CNCc1ccc(NS(=O)(=O)N2CCCCC2C)cc1. The van der Waals surface area contributed by atoms with Gasteiger partial charge in [0.15, 0.2) is 0 Å². The first kappa shape index (κ1) is 15.3. The fourth-order valence-electron chi connectivity index (χ4n) is 2.53. The Kier molecular flexibility index (Phi) is 5.01. The van der Waals surface area contributed by atoms with Gasteiger partial charge in [-0.15, -0.1) is 0 Å². The second-order valence-electron chi connectivity index (χ2n) is 5.29. The van der Waals surface area contributed by atoms with Crippen LogP contribution in [0, 0.1) is 0 Å². The van der Waals surface area contributed by atoms with Crippen molar-refractivity contribution in [2.45, 2.75) is 38.8 Å². The molecule has 1 aromatic carbocycles. The first-order valence-corrected chi connectivity index (χ1v) is 8.50. The van der Waals surface area contributed by atoms with Crippen molar-refractivity contribution in [2.75, 3.05) is 18.3 Å². The highest BCUT2D eigenvalue weighted by Gasteiger charge is 2.29. The molecule has 0 amide bonds. The molecule has 0 saturated carbocycles. The van der Waals surface area contributed by atoms with Crippen LogP contribution < -0.4 is 10.0 Å². The van der Waals surface area contributed by atoms with Crippen LogP contribution in [0.25, 0.3) is 0 Å². The molecule has 0 aromatic heterocycles. The number of hydrogen-bond acceptors (Lipinski definition) is 3. The van der Waals surface area contributed by atoms with Gasteiger partial charge >= 0.3 is 10.2 Å². The summed E-state index contributed by atoms with van der Waals surface area (Å²) in [5, 5.41) is 3.06. The normalized spacial score (nSPS) is 20.8. The summed E-state index contributed by atoms with van der Waals surface area (Å²) in [6, 6.07) is 7.53. The van der Waals surface area contributed by atoms with Gasteiger partial charge in [0.25, 0.3) is 0 Å². The Morgan fingerprint density at radius 1 is 1.25 bits per heavy atom. The lowest BCUT2D eigenvalue weighted by Gasteiger charge is -2.32. The molecule has 20 heavy (non-hydrogen) atoms. The van der Waals surface area contributed by atoms with Crippen molar-refractivity contribution < 1.29 is 8.42 Å². The molecule has 1 unspecified atom stereocenters. The van der Waals surface area contributed by atoms with Crippen LogP contribution in [0.5, 0.6) is 0 Å². The Morgan fingerprint density at radius 2 is 1.95 bits per heavy atom. The van der Waals surface area contributed by atoms with E-state index in [-0.39, 0.29) is 6.04 Å². The van der Waals surface area contributed by atoms with Gasteiger partial charge in [-0.3, -0.25) is 4.72 Å². The number of rotatable bonds is 5. The summed E-state index contributed by atoms with van der Waals surface area (Å²) in [7, 11) is -1.56. The molecular weight excluding hydrogens is 274 g/mol. The third kappa shape index (κ3) is 3.71. The highest BCUT2D eigenvalue weighted by molar-refractivity contribution is 7.90. The van der Waals surface area contributed by atoms with Crippen LogP contribution in [0.3, 0.4) is 0 Å². The van der Waals surface area contributed by atoms with E-state index in [1.54, 1.807) is 16.4 Å². The zero-order valence-electron chi connectivity index (χ0n) is 12.1. The van der Waals surface area contributed by atoms with Gasteiger partial charge in [0.05, 0.1) is 0 Å². The predicted octanol–water partition coefficient (Wildman–Crippen LogP) is 1.94. The minimum Gasteiger partial charge on any atom is -0.316 e. The quantitative estimate of drug-likeness (QED) is 0.873. The summed E-state index contributed by atoms with van der Waals surface area (Å²) in [5.74, 6) is 0. The third-order valence-corrected chi connectivity index (χ3v) is 5.29. The van der Waals surface area contributed by atoms with Crippen molar-refractivity contribution in [2.24, 2.45) is 0 Å². The minimum absolute atomic E-state index is 0.0739. The van der Waals surface area contributed by atoms with Gasteiger partial charge in [-0.05, 0) is 44.5 Å². The molecule has 112 valence electrons. The molecule has 1 heterocycles. The van der Waals surface area contributed by atoms with Crippen LogP contribution in [-0.2, 0) is 16.8 Å². The molecule has 1 saturated heterocycles. The molecule has 0 radical (unpaired) electrons. The topological polar surface area (TPSA) is 61.4 Å². The summed E-state index contributed by atoms with van der Waals surface area (Å²) in [4.78, 5) is 0. The second-order valence-corrected chi connectivity index (χ2v) is 6.91. The summed E-state index contributed by atoms with van der Waals surface area (Å²) < 4.78 is 29.0. The molecule has 5 nitrogen and oxygen atoms in total. The van der Waals surface area contributed by atoms with Crippen LogP contribution in [-0.4, -0.2) is 32.4 Å². The Labute approximate surface area is 121 Å². The molecule has 1 aliphatic rings. The van der Waals surface area contributed by atoms with E-state index >= 15 is 0 Å². The van der Waals surface area contributed by atoms with Gasteiger partial charge in [-0.1, -0.05) is 18.6 Å². The van der Waals surface area contributed by atoms with Gasteiger partial charge in [0.2, 0.25) is 0 Å². The third-order valence-electron chi connectivity index (χ3n) is 3.63. The fraction of sp³-hybridized carbons (Fsp3) is 0.571. The van der Waals surface area contributed by atoms with E-state index in [4.69, 9.17) is 0 Å². The van der Waals surface area contributed by atoms with Crippen LogP contribution in [0.4, 0.5) is 5.69 Å². The summed E-state index contributed by atoms with van der Waals surface area (Å²) in [6.45, 7) is 3.35. The van der Waals surface area contributed by atoms with Crippen LogP contribution in [0.1, 0.15) is 31.7 Å². The lowest BCUT2D eigenvalue weighted by Crippen LogP contribution is -2.44. The van der Waals surface area contributed by atoms with Gasteiger partial charge in [0.1, 0.15) is 0 Å². The smallest absolute Gasteiger partial charge is 0.301 e. The van der Waals surface area contributed by atoms with Crippen molar-refractivity contribution in [3.05, 3.63) is 29.8 Å². The molecule has 0 bridgehead atoms. The van der Waals surface area contributed by atoms with E-state index in [9.17, 15) is 8.42 Å². The largest absolute Gasteiger partial charge is 0.316 e. The molecule has 1 fully saturated rings. The Bertz CT molecular complexity index is 528. The van der Waals surface area contributed by atoms with Gasteiger partial charge in [-0.2, -0.15) is 12.7 Å². The molecule has 1 aliphatic heterocycles. The van der Waals surface area contributed by atoms with Crippen LogP contribution >= 0.6 is 0 Å². The van der Waals surface area contributed by atoms with E-state index < -0.39 is 10.2 Å². The highest BCUT2D eigenvalue weighted by atomic mass is 32.2. The first-order valence-electron chi connectivity index (χ1n) is 7.06. The standard InChI is InChI=1S/C14H23N3O2S/c1-12-5-3-4-10-17(12)20(18,19)16-14-8-6-13(7-9-14)11-15-2/h6-9,12,15-16H,3-5,10-11H2,1-2H3. The summed E-state index contributed by atoms with van der Waals surface area (Å²) in [6.07, 6.45) is 2.97. The second kappa shape index (κ2) is 6.56. The van der Waals surface area contributed by atoms with Gasteiger partial charge < -0.3 is 5.32 Å². The number of anilines is 1. The molecule has 0 spiro atoms. The minimum atomic E-state index is -3.44. The van der Waals surface area contributed by atoms with Crippen molar-refractivity contribution in [1.82, 2.24) is 9.62 Å². The lowest BCUT2D eigenvalue weighted by molar-refractivity contribution is 0.270. The number of piperidine rings is 1. The maximum Gasteiger partial charge on any atom is 0.301 e. The summed E-state index contributed by atoms with van der Waals surface area (Å²) >= 11 is 0. The maximum atomic E-state index is 12.4. The predicted molar refractivity (Wildman–Crippen MR) is 81.8 cm³/mol. The lowest BCUT2D eigenvalue weighted by atomic mass is 10.1. The Hall–Kier alpha value is -1.11.